The average molecular weight is 431 g/mol. The number of para-hydroxylation sites is 1. The molecule has 3 aromatic carbocycles. The highest BCUT2D eigenvalue weighted by molar-refractivity contribution is 5.89. The molecule has 0 fully saturated rings. The zero-order valence-electron chi connectivity index (χ0n) is 19.1. The monoisotopic (exact) mass is 430 g/mol. The third-order valence-electron chi connectivity index (χ3n) is 5.90. The van der Waals surface area contributed by atoms with Crippen LogP contribution in [0.4, 0.5) is 4.39 Å². The van der Waals surface area contributed by atoms with Crippen molar-refractivity contribution >= 4 is 10.9 Å². The predicted molar refractivity (Wildman–Crippen MR) is 131 cm³/mol. The summed E-state index contributed by atoms with van der Waals surface area (Å²) in [6.45, 7) is 6.79. The van der Waals surface area contributed by atoms with Crippen molar-refractivity contribution in [2.24, 2.45) is 0 Å². The molecular weight excluding hydrogens is 399 g/mol. The zero-order chi connectivity index (χ0) is 22.5. The largest absolute Gasteiger partial charge is 0.496 e. The number of fused-ring (bicyclic) bond motifs is 1. The van der Waals surface area contributed by atoms with Gasteiger partial charge in [-0.15, -0.1) is 0 Å². The summed E-state index contributed by atoms with van der Waals surface area (Å²) in [6.07, 6.45) is 2.15. The van der Waals surface area contributed by atoms with Gasteiger partial charge in [0.2, 0.25) is 0 Å². The number of aryl methyl sites for hydroxylation is 1. The summed E-state index contributed by atoms with van der Waals surface area (Å²) in [4.78, 5) is 0. The Kier molecular flexibility index (Phi) is 6.91. The van der Waals surface area contributed by atoms with E-state index < -0.39 is 0 Å². The van der Waals surface area contributed by atoms with Gasteiger partial charge in [-0.05, 0) is 68.2 Å². The van der Waals surface area contributed by atoms with Crippen LogP contribution in [0.3, 0.4) is 0 Å². The summed E-state index contributed by atoms with van der Waals surface area (Å²) in [5.41, 5.74) is 5.71. The molecule has 1 N–H and O–H groups in total. The number of methoxy groups -OCH3 is 1. The summed E-state index contributed by atoms with van der Waals surface area (Å²) >= 11 is 0. The molecule has 0 aliphatic rings. The number of halogens is 1. The maximum absolute atomic E-state index is 15.8. The van der Waals surface area contributed by atoms with Gasteiger partial charge >= 0.3 is 0 Å². The van der Waals surface area contributed by atoms with Crippen LogP contribution in [0.1, 0.15) is 30.0 Å². The van der Waals surface area contributed by atoms with Crippen LogP contribution in [0.25, 0.3) is 22.2 Å². The molecule has 0 spiro atoms. The van der Waals surface area contributed by atoms with E-state index >= 15 is 4.39 Å². The van der Waals surface area contributed by atoms with Crippen molar-refractivity contribution in [2.75, 3.05) is 20.2 Å². The summed E-state index contributed by atoms with van der Waals surface area (Å²) in [5, 5.41) is 4.09. The Labute approximate surface area is 189 Å². The van der Waals surface area contributed by atoms with E-state index in [0.29, 0.717) is 23.4 Å². The van der Waals surface area contributed by atoms with E-state index in [1.54, 1.807) is 7.11 Å². The lowest BCUT2D eigenvalue weighted by atomic mass is 10.1. The molecule has 1 aromatic heterocycles. The van der Waals surface area contributed by atoms with E-state index in [1.807, 2.05) is 49.4 Å². The predicted octanol–water partition coefficient (Wildman–Crippen LogP) is 6.35. The van der Waals surface area contributed by atoms with Gasteiger partial charge < -0.3 is 14.6 Å². The molecule has 0 radical (unpaired) electrons. The van der Waals surface area contributed by atoms with Crippen LogP contribution < -0.4 is 10.1 Å². The van der Waals surface area contributed by atoms with E-state index in [9.17, 15) is 0 Å². The van der Waals surface area contributed by atoms with Gasteiger partial charge in [-0.25, -0.2) is 4.39 Å². The van der Waals surface area contributed by atoms with Crippen LogP contribution in [0.5, 0.6) is 5.75 Å². The minimum absolute atomic E-state index is 0.202. The quantitative estimate of drug-likeness (QED) is 0.313. The van der Waals surface area contributed by atoms with Crippen LogP contribution in [0.2, 0.25) is 0 Å². The topological polar surface area (TPSA) is 26.2 Å². The molecule has 1 heterocycles. The first kappa shape index (κ1) is 22.1. The second-order valence-electron chi connectivity index (χ2n) is 8.29. The van der Waals surface area contributed by atoms with Crippen LogP contribution in [-0.4, -0.2) is 24.8 Å². The Hall–Kier alpha value is -3.11. The Bertz CT molecular complexity index is 1190. The smallest absolute Gasteiger partial charge is 0.156 e. The SMILES string of the molecule is CCCNCCc1ccc(Cn2c(-c3ccccc3OC)c(F)c3cc(C)ccc32)cc1. The maximum Gasteiger partial charge on any atom is 0.156 e. The Morgan fingerprint density at radius 2 is 1.69 bits per heavy atom. The fourth-order valence-electron chi connectivity index (χ4n) is 4.22. The lowest BCUT2D eigenvalue weighted by Crippen LogP contribution is -2.17. The van der Waals surface area contributed by atoms with Gasteiger partial charge in [-0.2, -0.15) is 0 Å². The molecule has 0 unspecified atom stereocenters. The van der Waals surface area contributed by atoms with Crippen molar-refractivity contribution in [2.45, 2.75) is 33.2 Å². The zero-order valence-corrected chi connectivity index (χ0v) is 19.1. The Morgan fingerprint density at radius 1 is 0.938 bits per heavy atom. The van der Waals surface area contributed by atoms with Crippen molar-refractivity contribution in [3.63, 3.8) is 0 Å². The molecule has 166 valence electrons. The van der Waals surface area contributed by atoms with Crippen LogP contribution in [-0.2, 0) is 13.0 Å². The van der Waals surface area contributed by atoms with E-state index in [0.717, 1.165) is 48.1 Å². The number of ether oxygens (including phenoxy) is 1. The van der Waals surface area contributed by atoms with Gasteiger partial charge in [0.25, 0.3) is 0 Å². The number of aromatic nitrogens is 1. The second kappa shape index (κ2) is 10.0. The van der Waals surface area contributed by atoms with Crippen molar-refractivity contribution in [3.05, 3.63) is 89.2 Å². The highest BCUT2D eigenvalue weighted by atomic mass is 19.1. The van der Waals surface area contributed by atoms with Gasteiger partial charge in [0.05, 0.1) is 18.3 Å². The summed E-state index contributed by atoms with van der Waals surface area (Å²) in [5.74, 6) is 0.467. The summed E-state index contributed by atoms with van der Waals surface area (Å²) in [7, 11) is 1.63. The Balaban J connectivity index is 1.72. The second-order valence-corrected chi connectivity index (χ2v) is 8.29. The first-order valence-corrected chi connectivity index (χ1v) is 11.3. The lowest BCUT2D eigenvalue weighted by molar-refractivity contribution is 0.416. The molecule has 4 heteroatoms. The third-order valence-corrected chi connectivity index (χ3v) is 5.90. The fraction of sp³-hybridized carbons (Fsp3) is 0.286. The van der Waals surface area contributed by atoms with Gasteiger partial charge in [0, 0.05) is 17.5 Å². The first-order valence-electron chi connectivity index (χ1n) is 11.3. The molecule has 0 atom stereocenters. The van der Waals surface area contributed by atoms with Gasteiger partial charge in [-0.1, -0.05) is 55.0 Å². The average Bonchev–Trinajstić information content (AvgIpc) is 3.08. The fourth-order valence-corrected chi connectivity index (χ4v) is 4.22. The Morgan fingerprint density at radius 3 is 2.44 bits per heavy atom. The number of hydrogen-bond donors (Lipinski definition) is 1. The number of nitrogens with zero attached hydrogens (tertiary/aromatic N) is 1. The maximum atomic E-state index is 15.8. The van der Waals surface area contributed by atoms with Crippen molar-refractivity contribution in [3.8, 4) is 17.0 Å². The molecule has 4 aromatic rings. The first-order chi connectivity index (χ1) is 15.6. The molecule has 32 heavy (non-hydrogen) atoms. The van der Waals surface area contributed by atoms with E-state index in [-0.39, 0.29) is 5.82 Å². The van der Waals surface area contributed by atoms with E-state index in [4.69, 9.17) is 4.74 Å². The molecule has 0 saturated carbocycles. The van der Waals surface area contributed by atoms with Crippen LogP contribution in [0.15, 0.2) is 66.7 Å². The van der Waals surface area contributed by atoms with Gasteiger partial charge in [0.1, 0.15) is 5.75 Å². The van der Waals surface area contributed by atoms with Crippen molar-refractivity contribution in [1.29, 1.82) is 0 Å². The number of nitrogens with one attached hydrogen (secondary N) is 1. The van der Waals surface area contributed by atoms with Gasteiger partial charge in [0.15, 0.2) is 5.82 Å². The molecule has 0 bridgehead atoms. The number of rotatable bonds is 9. The highest BCUT2D eigenvalue weighted by Crippen LogP contribution is 2.38. The molecule has 3 nitrogen and oxygen atoms in total. The minimum Gasteiger partial charge on any atom is -0.496 e. The summed E-state index contributed by atoms with van der Waals surface area (Å²) < 4.78 is 23.4. The lowest BCUT2D eigenvalue weighted by Gasteiger charge is -2.14. The molecular formula is C28H31FN2O. The molecule has 0 aliphatic heterocycles. The van der Waals surface area contributed by atoms with Gasteiger partial charge in [-0.3, -0.25) is 0 Å². The molecule has 0 amide bonds. The molecule has 0 aliphatic carbocycles. The van der Waals surface area contributed by atoms with Crippen LogP contribution >= 0.6 is 0 Å². The van der Waals surface area contributed by atoms with Crippen molar-refractivity contribution < 1.29 is 9.13 Å². The molecule has 4 rings (SSSR count). The van der Waals surface area contributed by atoms with E-state index in [1.165, 1.54) is 5.56 Å². The van der Waals surface area contributed by atoms with E-state index in [2.05, 4.69) is 41.1 Å². The third kappa shape index (κ3) is 4.56. The summed E-state index contributed by atoms with van der Waals surface area (Å²) in [6, 6.07) is 22.3. The van der Waals surface area contributed by atoms with Crippen LogP contribution in [0, 0.1) is 12.7 Å². The number of benzene rings is 3. The highest BCUT2D eigenvalue weighted by Gasteiger charge is 2.21. The molecule has 0 saturated heterocycles. The standard InChI is InChI=1S/C28H31FN2O/c1-4-16-30-17-15-21-10-12-22(13-11-21)19-31-25-14-9-20(2)18-24(25)27(29)28(31)23-7-5-6-8-26(23)32-3/h5-14,18,30H,4,15-17,19H2,1-3H3. The normalized spacial score (nSPS) is 11.2. The van der Waals surface area contributed by atoms with Crippen molar-refractivity contribution in [1.82, 2.24) is 9.88 Å². The number of hydrogen-bond acceptors (Lipinski definition) is 2. The minimum atomic E-state index is -0.202.